The molecule has 0 spiro atoms. The molecule has 1 heterocycles. The minimum Gasteiger partial charge on any atom is -0.443 e. The predicted octanol–water partition coefficient (Wildman–Crippen LogP) is 4.01. The largest absolute Gasteiger partial charge is 0.443 e. The second-order valence-corrected chi connectivity index (χ2v) is 5.67. The van der Waals surface area contributed by atoms with Crippen LogP contribution < -0.4 is 5.32 Å². The first-order chi connectivity index (χ1) is 8.74. The number of hydrogen-bond acceptors (Lipinski definition) is 3. The van der Waals surface area contributed by atoms with Crippen LogP contribution in [0.2, 0.25) is 5.02 Å². The number of oxazole rings is 1. The van der Waals surface area contributed by atoms with Crippen molar-refractivity contribution in [2.45, 2.75) is 25.4 Å². The zero-order chi connectivity index (χ0) is 12.5. The third-order valence-corrected chi connectivity index (χ3v) is 4.17. The van der Waals surface area contributed by atoms with E-state index >= 15 is 0 Å². The summed E-state index contributed by atoms with van der Waals surface area (Å²) in [5.74, 6) is 0.806. The zero-order valence-electron chi connectivity index (χ0n) is 9.62. The lowest BCUT2D eigenvalue weighted by atomic mass is 10.1. The molecule has 0 radical (unpaired) electrons. The Hall–Kier alpha value is -0.840. The van der Waals surface area contributed by atoms with E-state index in [4.69, 9.17) is 16.0 Å². The summed E-state index contributed by atoms with van der Waals surface area (Å²) in [6.45, 7) is 0.747. The summed E-state index contributed by atoms with van der Waals surface area (Å²) in [5.41, 5.74) is 1.92. The van der Waals surface area contributed by atoms with Gasteiger partial charge in [-0.1, -0.05) is 11.6 Å². The molecule has 0 amide bonds. The van der Waals surface area contributed by atoms with Gasteiger partial charge in [0.1, 0.15) is 5.69 Å². The topological polar surface area (TPSA) is 38.1 Å². The summed E-state index contributed by atoms with van der Waals surface area (Å²) in [4.78, 5) is 4.27. The summed E-state index contributed by atoms with van der Waals surface area (Å²) in [6, 6.07) is 6.39. The average Bonchev–Trinajstić information content (AvgIpc) is 3.08. The van der Waals surface area contributed by atoms with Crippen LogP contribution in [0.15, 0.2) is 33.5 Å². The second kappa shape index (κ2) is 5.03. The highest BCUT2D eigenvalue weighted by molar-refractivity contribution is 9.10. The van der Waals surface area contributed by atoms with E-state index in [2.05, 4.69) is 26.2 Å². The Morgan fingerprint density at radius 2 is 2.28 bits per heavy atom. The zero-order valence-corrected chi connectivity index (χ0v) is 12.0. The second-order valence-electron chi connectivity index (χ2n) is 4.41. The van der Waals surface area contributed by atoms with Gasteiger partial charge in [0.05, 0.1) is 5.02 Å². The summed E-state index contributed by atoms with van der Waals surface area (Å²) >= 11 is 9.41. The quantitative estimate of drug-likeness (QED) is 0.922. The van der Waals surface area contributed by atoms with Crippen molar-refractivity contribution in [3.63, 3.8) is 0 Å². The van der Waals surface area contributed by atoms with Crippen molar-refractivity contribution >= 4 is 27.5 Å². The minimum absolute atomic E-state index is 0.659. The molecule has 1 aliphatic rings. The minimum atomic E-state index is 0.659. The van der Waals surface area contributed by atoms with Gasteiger partial charge in [0.2, 0.25) is 0 Å². The number of nitrogens with one attached hydrogen (secondary N) is 1. The molecule has 1 aliphatic carbocycles. The number of rotatable bonds is 4. The van der Waals surface area contributed by atoms with Gasteiger partial charge in [-0.25, -0.2) is 4.98 Å². The summed E-state index contributed by atoms with van der Waals surface area (Å²) < 4.78 is 6.34. The Kier molecular flexibility index (Phi) is 3.41. The normalized spacial score (nSPS) is 15.0. The molecule has 5 heteroatoms. The van der Waals surface area contributed by atoms with E-state index in [1.54, 1.807) is 0 Å². The van der Waals surface area contributed by atoms with Crippen molar-refractivity contribution in [1.82, 2.24) is 10.3 Å². The number of nitrogens with zero attached hydrogens (tertiary/aromatic N) is 1. The first kappa shape index (κ1) is 12.2. The van der Waals surface area contributed by atoms with Crippen molar-refractivity contribution in [3.8, 4) is 11.3 Å². The fourth-order valence-corrected chi connectivity index (χ4v) is 2.29. The number of benzene rings is 1. The van der Waals surface area contributed by atoms with E-state index in [0.29, 0.717) is 11.1 Å². The molecule has 0 unspecified atom stereocenters. The molecular weight excluding hydrogens is 316 g/mol. The Bertz CT molecular complexity index is 566. The van der Waals surface area contributed by atoms with Gasteiger partial charge in [0.15, 0.2) is 12.2 Å². The first-order valence-electron chi connectivity index (χ1n) is 5.85. The highest BCUT2D eigenvalue weighted by atomic mass is 79.9. The molecule has 1 N–H and O–H groups in total. The molecule has 0 atom stereocenters. The Balaban J connectivity index is 1.85. The standard InChI is InChI=1S/C13H12BrClN2O/c14-10-5-8(1-4-11(10)15)13-12(17-7-18-13)6-16-9-2-3-9/h1,4-5,7,9,16H,2-3,6H2. The van der Waals surface area contributed by atoms with Crippen LogP contribution in [0.25, 0.3) is 11.3 Å². The van der Waals surface area contributed by atoms with E-state index in [9.17, 15) is 0 Å². The molecule has 3 nitrogen and oxygen atoms in total. The van der Waals surface area contributed by atoms with Gasteiger partial charge in [-0.15, -0.1) is 0 Å². The van der Waals surface area contributed by atoms with Gasteiger partial charge in [-0.3, -0.25) is 0 Å². The van der Waals surface area contributed by atoms with Crippen LogP contribution in [0.1, 0.15) is 18.5 Å². The fraction of sp³-hybridized carbons (Fsp3) is 0.308. The third-order valence-electron chi connectivity index (χ3n) is 2.96. The molecule has 1 aromatic heterocycles. The van der Waals surface area contributed by atoms with Crippen LogP contribution in [0.5, 0.6) is 0 Å². The van der Waals surface area contributed by atoms with Crippen molar-refractivity contribution in [2.24, 2.45) is 0 Å². The van der Waals surface area contributed by atoms with E-state index < -0.39 is 0 Å². The third kappa shape index (κ3) is 2.60. The SMILES string of the molecule is Clc1ccc(-c2ocnc2CNC2CC2)cc1Br. The fourth-order valence-electron chi connectivity index (χ4n) is 1.80. The van der Waals surface area contributed by atoms with Crippen molar-refractivity contribution in [2.75, 3.05) is 0 Å². The van der Waals surface area contributed by atoms with E-state index in [-0.39, 0.29) is 0 Å². The molecule has 1 saturated carbocycles. The van der Waals surface area contributed by atoms with Crippen LogP contribution in [-0.4, -0.2) is 11.0 Å². The van der Waals surface area contributed by atoms with Gasteiger partial charge in [-0.2, -0.15) is 0 Å². The van der Waals surface area contributed by atoms with Crippen molar-refractivity contribution in [3.05, 3.63) is 39.8 Å². The van der Waals surface area contributed by atoms with Crippen LogP contribution >= 0.6 is 27.5 Å². The molecule has 0 saturated heterocycles. The number of halogens is 2. The smallest absolute Gasteiger partial charge is 0.181 e. The Morgan fingerprint density at radius 1 is 1.44 bits per heavy atom. The van der Waals surface area contributed by atoms with Crippen molar-refractivity contribution in [1.29, 1.82) is 0 Å². The first-order valence-corrected chi connectivity index (χ1v) is 7.02. The predicted molar refractivity (Wildman–Crippen MR) is 74.5 cm³/mol. The maximum absolute atomic E-state index is 5.99. The monoisotopic (exact) mass is 326 g/mol. The van der Waals surface area contributed by atoms with E-state index in [1.807, 2.05) is 18.2 Å². The Labute approximate surface area is 119 Å². The van der Waals surface area contributed by atoms with E-state index in [0.717, 1.165) is 28.0 Å². The lowest BCUT2D eigenvalue weighted by Crippen LogP contribution is -2.15. The maximum atomic E-state index is 5.99. The highest BCUT2D eigenvalue weighted by Gasteiger charge is 2.21. The summed E-state index contributed by atoms with van der Waals surface area (Å²) in [5, 5.41) is 4.13. The van der Waals surface area contributed by atoms with Gasteiger partial charge >= 0.3 is 0 Å². The van der Waals surface area contributed by atoms with Crippen LogP contribution in [0, 0.1) is 0 Å². The van der Waals surface area contributed by atoms with Gasteiger partial charge in [0.25, 0.3) is 0 Å². The highest BCUT2D eigenvalue weighted by Crippen LogP contribution is 2.30. The lowest BCUT2D eigenvalue weighted by Gasteiger charge is -2.04. The van der Waals surface area contributed by atoms with Crippen molar-refractivity contribution < 1.29 is 4.42 Å². The lowest BCUT2D eigenvalue weighted by molar-refractivity contribution is 0.569. The van der Waals surface area contributed by atoms with Crippen LogP contribution in [0.4, 0.5) is 0 Å². The molecule has 18 heavy (non-hydrogen) atoms. The molecule has 1 fully saturated rings. The molecule has 3 rings (SSSR count). The molecule has 1 aromatic carbocycles. The average molecular weight is 328 g/mol. The summed E-state index contributed by atoms with van der Waals surface area (Å²) in [6.07, 6.45) is 4.01. The van der Waals surface area contributed by atoms with Crippen LogP contribution in [0.3, 0.4) is 0 Å². The molecule has 2 aromatic rings. The van der Waals surface area contributed by atoms with Gasteiger partial charge in [0, 0.05) is 22.6 Å². The summed E-state index contributed by atoms with van der Waals surface area (Å²) in [7, 11) is 0. The molecule has 0 aliphatic heterocycles. The molecule has 0 bridgehead atoms. The van der Waals surface area contributed by atoms with Gasteiger partial charge in [-0.05, 0) is 47.0 Å². The number of aromatic nitrogens is 1. The number of hydrogen-bond donors (Lipinski definition) is 1. The van der Waals surface area contributed by atoms with Gasteiger partial charge < -0.3 is 9.73 Å². The molecule has 94 valence electrons. The maximum Gasteiger partial charge on any atom is 0.181 e. The molecular formula is C13H12BrClN2O. The van der Waals surface area contributed by atoms with E-state index in [1.165, 1.54) is 19.2 Å². The Morgan fingerprint density at radius 3 is 3.00 bits per heavy atom. The van der Waals surface area contributed by atoms with Crippen LogP contribution in [-0.2, 0) is 6.54 Å².